The van der Waals surface area contributed by atoms with Gasteiger partial charge >= 0.3 is 0 Å². The molecule has 0 radical (unpaired) electrons. The van der Waals surface area contributed by atoms with E-state index >= 15 is 0 Å². The normalized spacial score (nSPS) is 26.1. The van der Waals surface area contributed by atoms with Crippen LogP contribution in [0.4, 0.5) is 0 Å². The molecule has 0 saturated carbocycles. The third kappa shape index (κ3) is 3.29. The van der Waals surface area contributed by atoms with Crippen molar-refractivity contribution in [1.29, 1.82) is 0 Å². The van der Waals surface area contributed by atoms with Gasteiger partial charge in [-0.3, -0.25) is 4.99 Å². The molecular formula is C16H23N3O2. The fourth-order valence-electron chi connectivity index (χ4n) is 2.94. The number of ether oxygens (including phenoxy) is 2. The molecule has 1 fully saturated rings. The van der Waals surface area contributed by atoms with Crippen LogP contribution < -0.4 is 10.5 Å². The number of nitrogens with zero attached hydrogens (tertiary/aromatic N) is 2. The minimum Gasteiger partial charge on any atom is -0.493 e. The van der Waals surface area contributed by atoms with E-state index in [2.05, 4.69) is 28.9 Å². The van der Waals surface area contributed by atoms with Gasteiger partial charge in [-0.05, 0) is 25.0 Å². The maximum absolute atomic E-state index is 6.14. The van der Waals surface area contributed by atoms with Crippen molar-refractivity contribution in [3.8, 4) is 5.75 Å². The molecular weight excluding hydrogens is 266 g/mol. The Balaban J connectivity index is 1.66. The van der Waals surface area contributed by atoms with Gasteiger partial charge in [-0.15, -0.1) is 0 Å². The predicted octanol–water partition coefficient (Wildman–Crippen LogP) is 1.59. The summed E-state index contributed by atoms with van der Waals surface area (Å²) < 4.78 is 11.2. The van der Waals surface area contributed by atoms with Crippen LogP contribution in [-0.2, 0) is 4.74 Å². The third-order valence-electron chi connectivity index (χ3n) is 4.12. The van der Waals surface area contributed by atoms with Crippen molar-refractivity contribution in [1.82, 2.24) is 4.90 Å². The average molecular weight is 289 g/mol. The van der Waals surface area contributed by atoms with Crippen LogP contribution in [0.5, 0.6) is 5.75 Å². The molecule has 5 nitrogen and oxygen atoms in total. The molecule has 2 aliphatic rings. The Morgan fingerprint density at radius 3 is 3.10 bits per heavy atom. The molecule has 2 heterocycles. The average Bonchev–Trinajstić information content (AvgIpc) is 2.52. The molecule has 0 bridgehead atoms. The SMILES string of the molecule is CC1CN(C(N)=NCC2CCOc3ccccc32)CCO1. The van der Waals surface area contributed by atoms with E-state index in [1.54, 1.807) is 0 Å². The van der Waals surface area contributed by atoms with Crippen LogP contribution in [0.1, 0.15) is 24.8 Å². The molecule has 0 amide bonds. The molecule has 2 aliphatic heterocycles. The smallest absolute Gasteiger partial charge is 0.191 e. The van der Waals surface area contributed by atoms with Crippen LogP contribution >= 0.6 is 0 Å². The van der Waals surface area contributed by atoms with Gasteiger partial charge in [-0.25, -0.2) is 0 Å². The van der Waals surface area contributed by atoms with Crippen molar-refractivity contribution in [2.75, 3.05) is 32.8 Å². The van der Waals surface area contributed by atoms with E-state index in [9.17, 15) is 0 Å². The lowest BCUT2D eigenvalue weighted by Crippen LogP contribution is -2.48. The van der Waals surface area contributed by atoms with Crippen LogP contribution in [0, 0.1) is 0 Å². The first-order valence-electron chi connectivity index (χ1n) is 7.62. The lowest BCUT2D eigenvalue weighted by molar-refractivity contribution is 0.00528. The van der Waals surface area contributed by atoms with Crippen LogP contribution in [-0.4, -0.2) is 49.8 Å². The van der Waals surface area contributed by atoms with E-state index in [0.29, 0.717) is 11.9 Å². The van der Waals surface area contributed by atoms with Gasteiger partial charge < -0.3 is 20.1 Å². The monoisotopic (exact) mass is 289 g/mol. The second-order valence-corrected chi connectivity index (χ2v) is 5.70. The first kappa shape index (κ1) is 14.2. The summed E-state index contributed by atoms with van der Waals surface area (Å²) in [6.07, 6.45) is 1.21. The summed E-state index contributed by atoms with van der Waals surface area (Å²) in [6, 6.07) is 8.21. The van der Waals surface area contributed by atoms with Gasteiger partial charge in [0, 0.05) is 25.6 Å². The first-order chi connectivity index (χ1) is 10.2. The highest BCUT2D eigenvalue weighted by Gasteiger charge is 2.22. The molecule has 0 spiro atoms. The van der Waals surface area contributed by atoms with Crippen molar-refractivity contribution in [2.45, 2.75) is 25.4 Å². The number of nitrogens with two attached hydrogens (primary N) is 1. The standard InChI is InChI=1S/C16H23N3O2/c1-12-11-19(7-9-20-12)16(17)18-10-13-6-8-21-15-5-3-2-4-14(13)15/h2-5,12-13H,6-11H2,1H3,(H2,17,18). The van der Waals surface area contributed by atoms with E-state index in [0.717, 1.165) is 45.0 Å². The van der Waals surface area contributed by atoms with Gasteiger partial charge in [0.15, 0.2) is 5.96 Å². The fourth-order valence-corrected chi connectivity index (χ4v) is 2.94. The van der Waals surface area contributed by atoms with E-state index in [1.165, 1.54) is 5.56 Å². The quantitative estimate of drug-likeness (QED) is 0.663. The molecule has 1 aromatic carbocycles. The second kappa shape index (κ2) is 6.35. The molecule has 21 heavy (non-hydrogen) atoms. The number of rotatable bonds is 2. The predicted molar refractivity (Wildman–Crippen MR) is 82.8 cm³/mol. The Hall–Kier alpha value is -1.75. The minimum atomic E-state index is 0.219. The summed E-state index contributed by atoms with van der Waals surface area (Å²) in [4.78, 5) is 6.72. The number of fused-ring (bicyclic) bond motifs is 1. The number of hydrogen-bond acceptors (Lipinski definition) is 3. The lowest BCUT2D eigenvalue weighted by Gasteiger charge is -2.32. The van der Waals surface area contributed by atoms with Gasteiger partial charge in [-0.2, -0.15) is 0 Å². The molecule has 2 atom stereocenters. The molecule has 2 unspecified atom stereocenters. The highest BCUT2D eigenvalue weighted by atomic mass is 16.5. The molecule has 5 heteroatoms. The van der Waals surface area contributed by atoms with Gasteiger partial charge in [0.2, 0.25) is 0 Å². The summed E-state index contributed by atoms with van der Waals surface area (Å²) in [7, 11) is 0. The van der Waals surface area contributed by atoms with Crippen molar-refractivity contribution >= 4 is 5.96 Å². The van der Waals surface area contributed by atoms with Crippen molar-refractivity contribution < 1.29 is 9.47 Å². The van der Waals surface area contributed by atoms with E-state index in [-0.39, 0.29) is 6.10 Å². The van der Waals surface area contributed by atoms with Crippen molar-refractivity contribution in [2.24, 2.45) is 10.7 Å². The van der Waals surface area contributed by atoms with Crippen LogP contribution in [0.25, 0.3) is 0 Å². The molecule has 114 valence electrons. The molecule has 2 N–H and O–H groups in total. The van der Waals surface area contributed by atoms with Crippen molar-refractivity contribution in [3.63, 3.8) is 0 Å². The first-order valence-corrected chi connectivity index (χ1v) is 7.62. The number of guanidine groups is 1. The van der Waals surface area contributed by atoms with Gasteiger partial charge in [-0.1, -0.05) is 18.2 Å². The van der Waals surface area contributed by atoms with Crippen LogP contribution in [0.15, 0.2) is 29.3 Å². The number of aliphatic imine (C=N–C) groups is 1. The molecule has 0 aliphatic carbocycles. The largest absolute Gasteiger partial charge is 0.493 e. The second-order valence-electron chi connectivity index (χ2n) is 5.70. The topological polar surface area (TPSA) is 60.1 Å². The van der Waals surface area contributed by atoms with Gasteiger partial charge in [0.25, 0.3) is 0 Å². The van der Waals surface area contributed by atoms with E-state index in [4.69, 9.17) is 15.2 Å². The Kier molecular flexibility index (Phi) is 4.29. The summed E-state index contributed by atoms with van der Waals surface area (Å²) in [5.41, 5.74) is 7.38. The maximum Gasteiger partial charge on any atom is 0.191 e. The highest BCUT2D eigenvalue weighted by Crippen LogP contribution is 2.33. The van der Waals surface area contributed by atoms with Crippen LogP contribution in [0.2, 0.25) is 0 Å². The van der Waals surface area contributed by atoms with E-state index < -0.39 is 0 Å². The summed E-state index contributed by atoms with van der Waals surface area (Å²) in [6.45, 7) is 5.90. The fraction of sp³-hybridized carbons (Fsp3) is 0.562. The number of hydrogen-bond donors (Lipinski definition) is 1. The Bertz CT molecular complexity index is 518. The number of benzene rings is 1. The lowest BCUT2D eigenvalue weighted by atomic mass is 9.93. The minimum absolute atomic E-state index is 0.219. The van der Waals surface area contributed by atoms with Crippen LogP contribution in [0.3, 0.4) is 0 Å². The molecule has 0 aromatic heterocycles. The highest BCUT2D eigenvalue weighted by molar-refractivity contribution is 5.78. The zero-order valence-corrected chi connectivity index (χ0v) is 12.5. The summed E-state index contributed by atoms with van der Waals surface area (Å²) in [5.74, 6) is 2.02. The Morgan fingerprint density at radius 1 is 1.38 bits per heavy atom. The number of para-hydroxylation sites is 1. The van der Waals surface area contributed by atoms with Gasteiger partial charge in [0.1, 0.15) is 5.75 Å². The Morgan fingerprint density at radius 2 is 2.24 bits per heavy atom. The van der Waals surface area contributed by atoms with E-state index in [1.807, 2.05) is 12.1 Å². The molecule has 1 saturated heterocycles. The summed E-state index contributed by atoms with van der Waals surface area (Å²) >= 11 is 0. The number of morpholine rings is 1. The summed E-state index contributed by atoms with van der Waals surface area (Å²) in [5, 5.41) is 0. The third-order valence-corrected chi connectivity index (χ3v) is 4.12. The maximum atomic E-state index is 6.14. The Labute approximate surface area is 125 Å². The zero-order valence-electron chi connectivity index (χ0n) is 12.5. The zero-order chi connectivity index (χ0) is 14.7. The molecule has 1 aromatic rings. The molecule has 3 rings (SSSR count). The van der Waals surface area contributed by atoms with Crippen molar-refractivity contribution in [3.05, 3.63) is 29.8 Å². The van der Waals surface area contributed by atoms with Gasteiger partial charge in [0.05, 0.1) is 19.3 Å².